The Bertz CT molecular complexity index is 747. The SMILES string of the molecule is CN=C(NCCN1CCN(C(=O)C2CCC2)CC1)NCc1ccccc1OC(C)(C)C. The Morgan fingerprint density at radius 3 is 2.45 bits per heavy atom. The lowest BCUT2D eigenvalue weighted by atomic mass is 9.84. The van der Waals surface area contributed by atoms with Gasteiger partial charge in [0.05, 0.1) is 0 Å². The number of carbonyl (C=O) groups excluding carboxylic acids is 1. The van der Waals surface area contributed by atoms with Gasteiger partial charge in [-0.1, -0.05) is 24.6 Å². The van der Waals surface area contributed by atoms with Crippen molar-refractivity contribution in [3.63, 3.8) is 0 Å². The first-order valence-corrected chi connectivity index (χ1v) is 11.6. The lowest BCUT2D eigenvalue weighted by molar-refractivity contribution is -0.139. The highest BCUT2D eigenvalue weighted by Gasteiger charge is 2.31. The molecule has 0 aromatic heterocycles. The van der Waals surface area contributed by atoms with E-state index in [4.69, 9.17) is 4.74 Å². The number of nitrogens with zero attached hydrogens (tertiary/aromatic N) is 3. The third-order valence-corrected chi connectivity index (χ3v) is 5.92. The second-order valence-corrected chi connectivity index (χ2v) is 9.47. The molecule has 7 nitrogen and oxygen atoms in total. The van der Waals surface area contributed by atoms with Crippen molar-refractivity contribution in [3.05, 3.63) is 29.8 Å². The zero-order valence-corrected chi connectivity index (χ0v) is 19.6. The standard InChI is InChI=1S/C24H39N5O2/c1-24(2,3)31-21-11-6-5-8-20(21)18-27-23(25-4)26-12-13-28-14-16-29(17-15-28)22(30)19-9-7-10-19/h5-6,8,11,19H,7,9-10,12-18H2,1-4H3,(H2,25,26,27). The highest BCUT2D eigenvalue weighted by Crippen LogP contribution is 2.28. The fraction of sp³-hybridized carbons (Fsp3) is 0.667. The van der Waals surface area contributed by atoms with Crippen LogP contribution in [0.3, 0.4) is 0 Å². The summed E-state index contributed by atoms with van der Waals surface area (Å²) in [7, 11) is 1.79. The normalized spacial score (nSPS) is 18.5. The van der Waals surface area contributed by atoms with Gasteiger partial charge in [0.1, 0.15) is 11.4 Å². The van der Waals surface area contributed by atoms with Gasteiger partial charge in [-0.05, 0) is 39.7 Å². The predicted octanol–water partition coefficient (Wildman–Crippen LogP) is 2.47. The van der Waals surface area contributed by atoms with Crippen LogP contribution < -0.4 is 15.4 Å². The quantitative estimate of drug-likeness (QED) is 0.515. The van der Waals surface area contributed by atoms with Gasteiger partial charge in [-0.3, -0.25) is 14.7 Å². The minimum absolute atomic E-state index is 0.234. The van der Waals surface area contributed by atoms with Crippen molar-refractivity contribution < 1.29 is 9.53 Å². The molecule has 7 heteroatoms. The van der Waals surface area contributed by atoms with E-state index < -0.39 is 0 Å². The number of rotatable bonds is 7. The number of ether oxygens (including phenoxy) is 1. The summed E-state index contributed by atoms with van der Waals surface area (Å²) in [5.41, 5.74) is 0.871. The molecule has 1 saturated heterocycles. The number of piperazine rings is 1. The van der Waals surface area contributed by atoms with Crippen molar-refractivity contribution in [2.75, 3.05) is 46.3 Å². The molecule has 31 heavy (non-hydrogen) atoms. The molecule has 2 N–H and O–H groups in total. The van der Waals surface area contributed by atoms with Crippen LogP contribution in [0.25, 0.3) is 0 Å². The number of benzene rings is 1. The number of aliphatic imine (C=N–C) groups is 1. The molecule has 1 saturated carbocycles. The molecule has 1 aliphatic carbocycles. The minimum Gasteiger partial charge on any atom is -0.488 e. The fourth-order valence-corrected chi connectivity index (χ4v) is 3.92. The number of amides is 1. The summed E-state index contributed by atoms with van der Waals surface area (Å²) in [5, 5.41) is 6.79. The molecule has 2 aliphatic rings. The first-order valence-electron chi connectivity index (χ1n) is 11.6. The molecule has 1 aliphatic heterocycles. The number of nitrogens with one attached hydrogen (secondary N) is 2. The van der Waals surface area contributed by atoms with Crippen molar-refractivity contribution >= 4 is 11.9 Å². The molecule has 0 atom stereocenters. The average Bonchev–Trinajstić information content (AvgIpc) is 2.69. The van der Waals surface area contributed by atoms with Crippen LogP contribution in [0.5, 0.6) is 5.75 Å². The molecule has 0 radical (unpaired) electrons. The van der Waals surface area contributed by atoms with Crippen LogP contribution in [-0.4, -0.2) is 73.6 Å². The first kappa shape index (κ1) is 23.4. The van der Waals surface area contributed by atoms with E-state index in [2.05, 4.69) is 52.3 Å². The van der Waals surface area contributed by atoms with Gasteiger partial charge in [0.25, 0.3) is 0 Å². The first-order chi connectivity index (χ1) is 14.9. The maximum atomic E-state index is 12.4. The van der Waals surface area contributed by atoms with Gasteiger partial charge in [-0.2, -0.15) is 0 Å². The number of guanidine groups is 1. The molecule has 172 valence electrons. The van der Waals surface area contributed by atoms with E-state index in [0.29, 0.717) is 18.4 Å². The van der Waals surface area contributed by atoms with Crippen LogP contribution in [-0.2, 0) is 11.3 Å². The Morgan fingerprint density at radius 1 is 1.13 bits per heavy atom. The Morgan fingerprint density at radius 2 is 1.84 bits per heavy atom. The Hall–Kier alpha value is -2.28. The number of carbonyl (C=O) groups is 1. The molecule has 1 aromatic carbocycles. The molecular formula is C24H39N5O2. The van der Waals surface area contributed by atoms with Crippen LogP contribution in [0.15, 0.2) is 29.3 Å². The van der Waals surface area contributed by atoms with Crippen LogP contribution >= 0.6 is 0 Å². The summed E-state index contributed by atoms with van der Waals surface area (Å²) >= 11 is 0. The smallest absolute Gasteiger partial charge is 0.225 e. The van der Waals surface area contributed by atoms with Crippen molar-refractivity contribution in [2.45, 2.75) is 52.2 Å². The maximum Gasteiger partial charge on any atom is 0.225 e. The minimum atomic E-state index is -0.234. The second kappa shape index (κ2) is 10.8. The summed E-state index contributed by atoms with van der Waals surface area (Å²) < 4.78 is 6.08. The third kappa shape index (κ3) is 7.13. The molecule has 0 unspecified atom stereocenters. The van der Waals surface area contributed by atoms with Crippen molar-refractivity contribution in [3.8, 4) is 5.75 Å². The van der Waals surface area contributed by atoms with Gasteiger partial charge in [0, 0.05) is 64.3 Å². The largest absolute Gasteiger partial charge is 0.488 e. The summed E-state index contributed by atoms with van der Waals surface area (Å²) in [6.07, 6.45) is 3.39. The topological polar surface area (TPSA) is 69.2 Å². The Labute approximate surface area is 187 Å². The van der Waals surface area contributed by atoms with Gasteiger partial charge >= 0.3 is 0 Å². The summed E-state index contributed by atoms with van der Waals surface area (Å²) in [4.78, 5) is 21.2. The summed E-state index contributed by atoms with van der Waals surface area (Å²) in [5.74, 6) is 2.36. The zero-order valence-electron chi connectivity index (χ0n) is 19.6. The van der Waals surface area contributed by atoms with Crippen molar-refractivity contribution in [1.82, 2.24) is 20.4 Å². The van der Waals surface area contributed by atoms with E-state index in [1.54, 1.807) is 7.05 Å². The molecule has 1 heterocycles. The molecule has 0 spiro atoms. The number of para-hydroxylation sites is 1. The number of hydrogen-bond donors (Lipinski definition) is 2. The molecular weight excluding hydrogens is 390 g/mol. The van der Waals surface area contributed by atoms with E-state index in [0.717, 1.165) is 69.4 Å². The van der Waals surface area contributed by atoms with Crippen LogP contribution in [0.4, 0.5) is 0 Å². The van der Waals surface area contributed by atoms with Gasteiger partial charge < -0.3 is 20.3 Å². The predicted molar refractivity (Wildman–Crippen MR) is 125 cm³/mol. The maximum absolute atomic E-state index is 12.4. The van der Waals surface area contributed by atoms with Crippen LogP contribution in [0, 0.1) is 5.92 Å². The van der Waals surface area contributed by atoms with Gasteiger partial charge in [0.2, 0.25) is 5.91 Å². The fourth-order valence-electron chi connectivity index (χ4n) is 3.92. The van der Waals surface area contributed by atoms with E-state index >= 15 is 0 Å². The van der Waals surface area contributed by atoms with Crippen molar-refractivity contribution in [1.29, 1.82) is 0 Å². The van der Waals surface area contributed by atoms with Gasteiger partial charge in [0.15, 0.2) is 5.96 Å². The van der Waals surface area contributed by atoms with E-state index in [-0.39, 0.29) is 5.60 Å². The van der Waals surface area contributed by atoms with Crippen molar-refractivity contribution in [2.24, 2.45) is 10.9 Å². The molecule has 1 amide bonds. The zero-order chi connectivity index (χ0) is 22.3. The third-order valence-electron chi connectivity index (χ3n) is 5.92. The molecule has 3 rings (SSSR count). The summed E-state index contributed by atoms with van der Waals surface area (Å²) in [6, 6.07) is 8.11. The highest BCUT2D eigenvalue weighted by molar-refractivity contribution is 5.80. The molecule has 0 bridgehead atoms. The Balaban J connectivity index is 1.37. The lowest BCUT2D eigenvalue weighted by Crippen LogP contribution is -2.52. The average molecular weight is 430 g/mol. The van der Waals surface area contributed by atoms with E-state index in [1.807, 2.05) is 18.2 Å². The monoisotopic (exact) mass is 429 g/mol. The summed E-state index contributed by atoms with van der Waals surface area (Å²) in [6.45, 7) is 12.2. The molecule has 2 fully saturated rings. The van der Waals surface area contributed by atoms with Gasteiger partial charge in [-0.15, -0.1) is 0 Å². The van der Waals surface area contributed by atoms with Crippen LogP contribution in [0.2, 0.25) is 0 Å². The van der Waals surface area contributed by atoms with E-state index in [1.165, 1.54) is 6.42 Å². The highest BCUT2D eigenvalue weighted by atomic mass is 16.5. The Kier molecular flexibility index (Phi) is 8.18. The molecule has 1 aromatic rings. The van der Waals surface area contributed by atoms with Gasteiger partial charge in [-0.25, -0.2) is 0 Å². The number of hydrogen-bond acceptors (Lipinski definition) is 4. The van der Waals surface area contributed by atoms with Crippen LogP contribution in [0.1, 0.15) is 45.6 Å². The second-order valence-electron chi connectivity index (χ2n) is 9.47. The lowest BCUT2D eigenvalue weighted by Gasteiger charge is -2.38. The van der Waals surface area contributed by atoms with E-state index in [9.17, 15) is 4.79 Å².